The highest BCUT2D eigenvalue weighted by molar-refractivity contribution is 5.94. The molecule has 4 rings (SSSR count). The van der Waals surface area contributed by atoms with Crippen molar-refractivity contribution >= 4 is 11.9 Å². The summed E-state index contributed by atoms with van der Waals surface area (Å²) in [5.41, 5.74) is 1.84. The second-order valence-electron chi connectivity index (χ2n) is 8.01. The maximum absolute atomic E-state index is 13.0. The molecule has 0 unspecified atom stereocenters. The number of aromatic nitrogens is 1. The predicted octanol–water partition coefficient (Wildman–Crippen LogP) is 2.48. The maximum Gasteiger partial charge on any atom is 0.319 e. The van der Waals surface area contributed by atoms with Crippen LogP contribution in [-0.2, 0) is 5.41 Å². The van der Waals surface area contributed by atoms with Crippen molar-refractivity contribution in [2.24, 2.45) is 5.92 Å². The van der Waals surface area contributed by atoms with Crippen LogP contribution < -0.4 is 0 Å². The number of piperidine rings is 1. The van der Waals surface area contributed by atoms with Crippen molar-refractivity contribution in [3.63, 3.8) is 0 Å². The van der Waals surface area contributed by atoms with E-state index in [1.807, 2.05) is 15.9 Å². The van der Waals surface area contributed by atoms with Gasteiger partial charge in [0.25, 0.3) is 5.91 Å². The Morgan fingerprint density at radius 1 is 1.04 bits per heavy atom. The molecular weight excluding hydrogens is 352 g/mol. The van der Waals surface area contributed by atoms with Crippen LogP contribution in [-0.4, -0.2) is 71.9 Å². The van der Waals surface area contributed by atoms with Crippen LogP contribution in [0, 0.1) is 5.92 Å². The number of fused-ring (bicyclic) bond motifs is 1. The Kier molecular flexibility index (Phi) is 4.79. The summed E-state index contributed by atoms with van der Waals surface area (Å²) in [5, 5.41) is 0. The Bertz CT molecular complexity index is 855. The number of amides is 3. The first kappa shape index (κ1) is 18.5. The Morgan fingerprint density at radius 3 is 2.39 bits per heavy atom. The van der Waals surface area contributed by atoms with Gasteiger partial charge in [0.05, 0.1) is 0 Å². The summed E-state index contributed by atoms with van der Waals surface area (Å²) in [6.45, 7) is 2.73. The van der Waals surface area contributed by atoms with Crippen molar-refractivity contribution in [1.29, 1.82) is 0 Å². The quantitative estimate of drug-likeness (QED) is 0.807. The average molecular weight is 378 g/mol. The molecule has 6 nitrogen and oxygen atoms in total. The molecule has 1 aromatic carbocycles. The smallest absolute Gasteiger partial charge is 0.319 e. The molecule has 3 heterocycles. The van der Waals surface area contributed by atoms with Gasteiger partial charge in [0.2, 0.25) is 0 Å². The molecule has 0 aliphatic carbocycles. The van der Waals surface area contributed by atoms with E-state index in [-0.39, 0.29) is 23.3 Å². The largest absolute Gasteiger partial charge is 0.338 e. The minimum absolute atomic E-state index is 0.0386. The van der Waals surface area contributed by atoms with Crippen LogP contribution in [0.4, 0.5) is 4.79 Å². The van der Waals surface area contributed by atoms with Crippen molar-refractivity contribution in [3.05, 3.63) is 66.0 Å². The number of carbonyl (C=O) groups is 2. The van der Waals surface area contributed by atoms with Crippen LogP contribution in [0.5, 0.6) is 0 Å². The molecule has 0 saturated carbocycles. The van der Waals surface area contributed by atoms with E-state index in [0.717, 1.165) is 6.42 Å². The summed E-state index contributed by atoms with van der Waals surface area (Å²) in [6, 6.07) is 14.0. The van der Waals surface area contributed by atoms with Crippen LogP contribution in [0.2, 0.25) is 0 Å². The van der Waals surface area contributed by atoms with Gasteiger partial charge in [-0.25, -0.2) is 4.79 Å². The lowest BCUT2D eigenvalue weighted by molar-refractivity contribution is 0.0602. The third kappa shape index (κ3) is 3.13. The first-order valence-corrected chi connectivity index (χ1v) is 9.72. The lowest BCUT2D eigenvalue weighted by Gasteiger charge is -2.43. The fourth-order valence-electron chi connectivity index (χ4n) is 4.71. The Hall–Kier alpha value is -2.89. The number of pyridine rings is 1. The summed E-state index contributed by atoms with van der Waals surface area (Å²) in [5.74, 6) is 0.264. The minimum atomic E-state index is -0.0953. The van der Waals surface area contributed by atoms with E-state index < -0.39 is 0 Å². The third-order valence-corrected chi connectivity index (χ3v) is 6.18. The maximum atomic E-state index is 13.0. The van der Waals surface area contributed by atoms with Crippen LogP contribution in [0.15, 0.2) is 54.9 Å². The van der Waals surface area contributed by atoms with Gasteiger partial charge in [-0.05, 0) is 24.1 Å². The molecular formula is C22H26N4O2. The van der Waals surface area contributed by atoms with Crippen molar-refractivity contribution in [2.75, 3.05) is 40.3 Å². The zero-order chi connectivity index (χ0) is 19.7. The Morgan fingerprint density at radius 2 is 1.71 bits per heavy atom. The van der Waals surface area contributed by atoms with Gasteiger partial charge >= 0.3 is 6.03 Å². The first-order chi connectivity index (χ1) is 13.5. The highest BCUT2D eigenvalue weighted by Gasteiger charge is 2.52. The van der Waals surface area contributed by atoms with Crippen LogP contribution >= 0.6 is 0 Å². The normalized spacial score (nSPS) is 24.0. The van der Waals surface area contributed by atoms with E-state index in [2.05, 4.69) is 29.2 Å². The predicted molar refractivity (Wildman–Crippen MR) is 107 cm³/mol. The highest BCUT2D eigenvalue weighted by atomic mass is 16.2. The summed E-state index contributed by atoms with van der Waals surface area (Å²) < 4.78 is 0. The zero-order valence-corrected chi connectivity index (χ0v) is 16.4. The van der Waals surface area contributed by atoms with Crippen molar-refractivity contribution in [3.8, 4) is 0 Å². The lowest BCUT2D eigenvalue weighted by atomic mass is 9.68. The lowest BCUT2D eigenvalue weighted by Crippen LogP contribution is -2.51. The summed E-state index contributed by atoms with van der Waals surface area (Å²) in [4.78, 5) is 35.1. The molecule has 2 fully saturated rings. The monoisotopic (exact) mass is 378 g/mol. The van der Waals surface area contributed by atoms with Gasteiger partial charge in [-0.15, -0.1) is 0 Å². The topological polar surface area (TPSA) is 56.8 Å². The third-order valence-electron chi connectivity index (χ3n) is 6.18. The van der Waals surface area contributed by atoms with Crippen LogP contribution in [0.1, 0.15) is 22.3 Å². The molecule has 0 spiro atoms. The van der Waals surface area contributed by atoms with E-state index in [0.29, 0.717) is 31.7 Å². The van der Waals surface area contributed by atoms with Gasteiger partial charge in [-0.2, -0.15) is 0 Å². The van der Waals surface area contributed by atoms with E-state index in [9.17, 15) is 9.59 Å². The molecule has 1 aromatic heterocycles. The number of hydrogen-bond acceptors (Lipinski definition) is 3. The number of rotatable bonds is 2. The fraction of sp³-hybridized carbons (Fsp3) is 0.409. The standard InChI is InChI=1S/C22H26N4O2/c1-24(2)21(28)26-15-19-14-25(20(27)17-8-11-23-12-9-17)13-10-22(19,16-26)18-6-4-3-5-7-18/h3-9,11-12,19H,10,13-16H2,1-2H3/t19-,22+/m1/s1. The Balaban J connectivity index is 1.62. The highest BCUT2D eigenvalue weighted by Crippen LogP contribution is 2.45. The molecule has 28 heavy (non-hydrogen) atoms. The molecule has 0 bridgehead atoms. The number of carbonyl (C=O) groups excluding carboxylic acids is 2. The van der Waals surface area contributed by atoms with E-state index >= 15 is 0 Å². The van der Waals surface area contributed by atoms with Crippen molar-refractivity contribution < 1.29 is 9.59 Å². The number of nitrogens with zero attached hydrogens (tertiary/aromatic N) is 4. The van der Waals surface area contributed by atoms with Gasteiger partial charge in [-0.1, -0.05) is 30.3 Å². The summed E-state index contributed by atoms with van der Waals surface area (Å²) >= 11 is 0. The average Bonchev–Trinajstić information content (AvgIpc) is 3.13. The van der Waals surface area contributed by atoms with E-state index in [1.165, 1.54) is 5.56 Å². The molecule has 6 heteroatoms. The van der Waals surface area contributed by atoms with Gasteiger partial charge < -0.3 is 14.7 Å². The van der Waals surface area contributed by atoms with Gasteiger partial charge in [0.1, 0.15) is 0 Å². The zero-order valence-electron chi connectivity index (χ0n) is 16.4. The van der Waals surface area contributed by atoms with Crippen molar-refractivity contribution in [1.82, 2.24) is 19.7 Å². The van der Waals surface area contributed by atoms with Crippen LogP contribution in [0.25, 0.3) is 0 Å². The SMILES string of the molecule is CN(C)C(=O)N1C[C@H]2CN(C(=O)c3ccncc3)CC[C@@]2(c2ccccc2)C1. The number of likely N-dealkylation sites (tertiary alicyclic amines) is 2. The van der Waals surface area contributed by atoms with E-state index in [4.69, 9.17) is 0 Å². The van der Waals surface area contributed by atoms with Gasteiger partial charge in [0.15, 0.2) is 0 Å². The molecule has 146 valence electrons. The minimum Gasteiger partial charge on any atom is -0.338 e. The fourth-order valence-corrected chi connectivity index (χ4v) is 4.71. The van der Waals surface area contributed by atoms with Gasteiger partial charge in [-0.3, -0.25) is 9.78 Å². The molecule has 0 N–H and O–H groups in total. The first-order valence-electron chi connectivity index (χ1n) is 9.72. The van der Waals surface area contributed by atoms with Crippen molar-refractivity contribution in [2.45, 2.75) is 11.8 Å². The van der Waals surface area contributed by atoms with E-state index in [1.54, 1.807) is 43.5 Å². The number of benzene rings is 1. The summed E-state index contributed by atoms with van der Waals surface area (Å²) in [7, 11) is 3.58. The Labute approximate surface area is 165 Å². The molecule has 0 radical (unpaired) electrons. The summed E-state index contributed by atoms with van der Waals surface area (Å²) in [6.07, 6.45) is 4.16. The molecule has 3 amide bonds. The number of hydrogen-bond donors (Lipinski definition) is 0. The molecule has 2 atom stereocenters. The molecule has 2 aliphatic rings. The number of urea groups is 1. The van der Waals surface area contributed by atoms with Gasteiger partial charge in [0, 0.05) is 69.6 Å². The van der Waals surface area contributed by atoms with Crippen LogP contribution in [0.3, 0.4) is 0 Å². The molecule has 2 aromatic rings. The molecule has 2 aliphatic heterocycles. The second kappa shape index (κ2) is 7.26. The second-order valence-corrected chi connectivity index (χ2v) is 8.01. The molecule has 2 saturated heterocycles.